The Morgan fingerprint density at radius 1 is 0.422 bits per heavy atom. The molecule has 10 rings (SSSR count). The van der Waals surface area contributed by atoms with Crippen LogP contribution in [0.15, 0.2) is 188 Å². The molecule has 0 aromatic heterocycles. The predicted octanol–water partition coefficient (Wildman–Crippen LogP) is 20.4. The van der Waals surface area contributed by atoms with Crippen molar-refractivity contribution in [3.05, 3.63) is 214 Å². The van der Waals surface area contributed by atoms with Gasteiger partial charge in [0.15, 0.2) is 0 Å². The van der Waals surface area contributed by atoms with Crippen LogP contribution in [0.4, 0.5) is 34.1 Å². The quantitative estimate of drug-likeness (QED) is 0.0354. The largest absolute Gasteiger partial charge is 0.494 e. The van der Waals surface area contributed by atoms with E-state index >= 15 is 0 Å². The van der Waals surface area contributed by atoms with Crippen LogP contribution >= 0.6 is 63.7 Å². The van der Waals surface area contributed by atoms with E-state index in [1.165, 1.54) is 36.8 Å². The molecule has 7 aromatic carbocycles. The number of benzene rings is 7. The second kappa shape index (κ2) is 37.5. The smallest absolute Gasteiger partial charge is 0.399 e. The van der Waals surface area contributed by atoms with Crippen LogP contribution in [-0.2, 0) is 45.9 Å². The Kier molecular flexibility index (Phi) is 32.1. The summed E-state index contributed by atoms with van der Waals surface area (Å²) in [5.74, 6) is 0. The molecular formula is C73H92B2Br4N2O7U2-2. The average molecular weight is 1930 g/mol. The van der Waals surface area contributed by atoms with Crippen molar-refractivity contribution in [1.82, 2.24) is 0 Å². The van der Waals surface area contributed by atoms with Crippen LogP contribution in [0.2, 0.25) is 0 Å². The van der Waals surface area contributed by atoms with Crippen molar-refractivity contribution in [2.45, 2.75) is 150 Å². The van der Waals surface area contributed by atoms with Gasteiger partial charge in [0, 0.05) is 133 Å². The normalized spacial score (nSPS) is 16.2. The molecule has 0 radical (unpaired) electrons. The fourth-order valence-electron chi connectivity index (χ4n) is 9.98. The van der Waals surface area contributed by atoms with Gasteiger partial charge < -0.3 is 57.4 Å². The van der Waals surface area contributed by atoms with Crippen molar-refractivity contribution in [3.63, 3.8) is 0 Å². The Morgan fingerprint density at radius 3 is 1.03 bits per heavy atom. The van der Waals surface area contributed by atoms with E-state index in [-0.39, 0.29) is 98.9 Å². The molecule has 0 spiro atoms. The molecule has 7 aromatic rings. The third-order valence-electron chi connectivity index (χ3n) is 17.1. The molecular weight excluding hydrogens is 1830 g/mol. The first-order chi connectivity index (χ1) is 43.1. The van der Waals surface area contributed by atoms with Gasteiger partial charge >= 0.3 is 14.2 Å². The van der Waals surface area contributed by atoms with Crippen LogP contribution in [-0.4, -0.2) is 69.7 Å². The molecule has 3 aliphatic rings. The summed E-state index contributed by atoms with van der Waals surface area (Å²) in [5.41, 5.74) is 10.0. The predicted molar refractivity (Wildman–Crippen MR) is 385 cm³/mol. The zero-order chi connectivity index (χ0) is 65.5. The van der Waals surface area contributed by atoms with Gasteiger partial charge in [0.1, 0.15) is 0 Å². The van der Waals surface area contributed by atoms with Crippen LogP contribution in [0, 0.1) is 82.4 Å². The number of hydrogen-bond donors (Lipinski definition) is 0. The SMILES string of the molecule is Brc1ccc(N(c2ccc(Br)cc2)c2ccc(Br)cc2)cc1.CCC1(COCCCCCCOCc2ccc(Br)cc2)COC1.CCCCc1ccc(N(c2ccc(B3OC(C)(C)C(C)(C)O3)cc2)c2ccc(B3OC(C)(C)C(C)(C)O3)cc2)cc1.[3H][CH2-].[3H][CH2-].[U].[U]. The third-order valence-corrected chi connectivity index (χ3v) is 19.2. The average Bonchev–Trinajstić information content (AvgIpc) is 1.58. The number of halogens is 4. The summed E-state index contributed by atoms with van der Waals surface area (Å²) in [7, 11) is 4.22. The second-order valence-electron chi connectivity index (χ2n) is 24.7. The maximum absolute atomic E-state index is 6.30. The topological polar surface area (TPSA) is 71.1 Å². The van der Waals surface area contributed by atoms with Crippen molar-refractivity contribution in [1.29, 1.82) is 0 Å². The van der Waals surface area contributed by atoms with Crippen LogP contribution < -0.4 is 20.7 Å². The molecule has 0 bridgehead atoms. The zero-order valence-corrected chi connectivity index (χ0v) is 69.1. The summed E-state index contributed by atoms with van der Waals surface area (Å²) in [6.45, 7) is 26.2. The number of anilines is 6. The van der Waals surface area contributed by atoms with Crippen LogP contribution in [0.5, 0.6) is 0 Å². The van der Waals surface area contributed by atoms with E-state index < -0.39 is 0 Å². The van der Waals surface area contributed by atoms with E-state index in [2.05, 4.69) is 327 Å². The summed E-state index contributed by atoms with van der Waals surface area (Å²) < 4.78 is 57.3. The molecule has 3 saturated heterocycles. The van der Waals surface area contributed by atoms with Crippen LogP contribution in [0.1, 0.15) is 128 Å². The molecule has 0 atom stereocenters. The molecule has 0 N–H and O–H groups in total. The monoisotopic (exact) mass is 1930 g/mol. The maximum Gasteiger partial charge on any atom is 0.494 e. The van der Waals surface area contributed by atoms with Gasteiger partial charge in [-0.25, -0.2) is 2.74 Å². The summed E-state index contributed by atoms with van der Waals surface area (Å²) in [6, 6.07) is 59.2. The van der Waals surface area contributed by atoms with Crippen LogP contribution in [0.25, 0.3) is 0 Å². The van der Waals surface area contributed by atoms with Gasteiger partial charge in [-0.15, -0.1) is 0 Å². The molecule has 480 valence electrons. The van der Waals surface area contributed by atoms with Crippen LogP contribution in [0.3, 0.4) is 0 Å². The standard InChI is InChI=1S/C34H45B2NO4.C19H29BrO3.C18H12Br3N.2CH3.2U/c1-10-11-12-25-13-19-28(20-14-25)37(29-21-15-26(16-22-29)35-38-31(2,3)32(4,5)39-35)30-23-17-27(18-24-30)36-40-33(6,7)34(8,9)41-36;1-2-19(15-23-16-19)14-22-12-6-4-3-5-11-21-13-17-7-9-18(20)10-8-17;19-13-1-7-16(8-2-13)22(17-9-3-14(20)4-10-17)18-11-5-15(21)6-12-18;;;;/h13-24H,10-12H2,1-9H3;7-10H,2-6,11-16H2,1H3;1-12H;2*1H3;;/q;;;2*-1;;/i;;;2*1T;;. The van der Waals surface area contributed by atoms with E-state index in [9.17, 15) is 0 Å². The fourth-order valence-corrected chi connectivity index (χ4v) is 11.0. The summed E-state index contributed by atoms with van der Waals surface area (Å²) in [6.07, 6.45) is 9.35. The van der Waals surface area contributed by atoms with Gasteiger partial charge in [0.05, 0.1) is 48.8 Å². The molecule has 90 heavy (non-hydrogen) atoms. The molecule has 0 amide bonds. The number of aryl methyl sites for hydroxylation is 1. The molecule has 3 heterocycles. The van der Waals surface area contributed by atoms with Crippen molar-refractivity contribution < 1.29 is 97.8 Å². The van der Waals surface area contributed by atoms with E-state index in [1.54, 1.807) is 0 Å². The Hall–Kier alpha value is -1.99. The molecule has 17 heteroatoms. The minimum absolute atomic E-state index is 0. The van der Waals surface area contributed by atoms with E-state index in [1.807, 2.05) is 0 Å². The summed E-state index contributed by atoms with van der Waals surface area (Å²) in [4.78, 5) is 4.51. The molecule has 3 aliphatic heterocycles. The van der Waals surface area contributed by atoms with Crippen molar-refractivity contribution >= 4 is 123 Å². The first-order valence-electron chi connectivity index (χ1n) is 31.9. The summed E-state index contributed by atoms with van der Waals surface area (Å²) in [5, 5.41) is 0. The molecule has 3 fully saturated rings. The van der Waals surface area contributed by atoms with Crippen molar-refractivity contribution in [2.75, 3.05) is 42.8 Å². The van der Waals surface area contributed by atoms with E-state index in [0.717, 1.165) is 122 Å². The second-order valence-corrected chi connectivity index (χ2v) is 28.4. The number of nitrogens with zero attached hydrogens (tertiary/aromatic N) is 2. The van der Waals surface area contributed by atoms with Crippen molar-refractivity contribution in [3.8, 4) is 0 Å². The van der Waals surface area contributed by atoms with Gasteiger partial charge in [-0.2, -0.15) is 0 Å². The Bertz CT molecular complexity index is 2970. The number of hydrogen-bond acceptors (Lipinski definition) is 9. The van der Waals surface area contributed by atoms with E-state index in [0.29, 0.717) is 12.0 Å². The zero-order valence-electron chi connectivity index (χ0n) is 56.4. The Labute approximate surface area is 625 Å². The third kappa shape index (κ3) is 22.3. The number of rotatable bonds is 23. The Morgan fingerprint density at radius 2 is 0.722 bits per heavy atom. The summed E-state index contributed by atoms with van der Waals surface area (Å²) >= 11 is 13.9. The van der Waals surface area contributed by atoms with Gasteiger partial charge in [0.25, 0.3) is 0 Å². The number of ether oxygens (including phenoxy) is 3. The van der Waals surface area contributed by atoms with Gasteiger partial charge in [0.2, 0.25) is 0 Å². The minimum Gasteiger partial charge on any atom is -0.399 e. The molecule has 9 nitrogen and oxygen atoms in total. The Balaban J connectivity index is 0.000000303. The first kappa shape index (κ1) is 77.0. The van der Waals surface area contributed by atoms with Gasteiger partial charge in [-0.1, -0.05) is 145 Å². The molecule has 0 aliphatic carbocycles. The fraction of sp³-hybridized carbons (Fsp3) is 0.397. The first-order valence-corrected chi connectivity index (χ1v) is 33.6. The maximum atomic E-state index is 6.30. The minimum atomic E-state index is -0.389. The molecule has 0 saturated carbocycles. The van der Waals surface area contributed by atoms with Crippen molar-refractivity contribution in [2.24, 2.45) is 5.41 Å². The van der Waals surface area contributed by atoms with E-state index in [4.69, 9.17) is 35.6 Å². The van der Waals surface area contributed by atoms with Gasteiger partial charge in [-0.3, -0.25) is 0 Å². The number of unbranched alkanes of at least 4 members (excludes halogenated alkanes) is 4. The molecule has 0 unspecified atom stereocenters. The van der Waals surface area contributed by atoms with Gasteiger partial charge in [-0.05, 0) is 231 Å².